The fourth-order valence-corrected chi connectivity index (χ4v) is 3.64. The van der Waals surface area contributed by atoms with Crippen molar-refractivity contribution in [1.29, 1.82) is 10.7 Å². The zero-order valence-corrected chi connectivity index (χ0v) is 13.9. The van der Waals surface area contributed by atoms with Gasteiger partial charge in [-0.1, -0.05) is 24.3 Å². The van der Waals surface area contributed by atoms with Crippen molar-refractivity contribution < 1.29 is 4.74 Å². The van der Waals surface area contributed by atoms with Gasteiger partial charge in [0.05, 0.1) is 18.1 Å². The number of piperidine rings is 1. The topological polar surface area (TPSA) is 98.2 Å². The lowest BCUT2D eigenvalue weighted by atomic mass is 9.78. The normalized spacial score (nSPS) is 22.5. The molecule has 128 valence electrons. The summed E-state index contributed by atoms with van der Waals surface area (Å²) in [5.74, 6) is 0.0337. The van der Waals surface area contributed by atoms with Crippen LogP contribution in [0.3, 0.4) is 0 Å². The van der Waals surface area contributed by atoms with Crippen molar-refractivity contribution in [3.8, 4) is 6.07 Å². The van der Waals surface area contributed by atoms with E-state index >= 15 is 0 Å². The van der Waals surface area contributed by atoms with Crippen LogP contribution < -0.4 is 11.1 Å². The fraction of sp³-hybridized carbons (Fsp3) is 0.556. The van der Waals surface area contributed by atoms with Crippen molar-refractivity contribution in [2.45, 2.75) is 31.9 Å². The number of nitrogens with one attached hydrogen (secondary N) is 2. The summed E-state index contributed by atoms with van der Waals surface area (Å²) in [4.78, 5) is 1.80. The molecule has 24 heavy (non-hydrogen) atoms. The van der Waals surface area contributed by atoms with Crippen molar-refractivity contribution in [2.24, 2.45) is 11.1 Å². The Morgan fingerprint density at radius 3 is 2.88 bits per heavy atom. The molecule has 4 N–H and O–H groups in total. The standard InChI is InChI=1S/C18H25N5O/c19-13-18(6-9-22-10-7-18)8-12-24-16-15-4-2-1-3-14(15)5-11-23(16)17(20)21/h1-4,16,22H,5-12H2,(H3,20,21). The van der Waals surface area contributed by atoms with E-state index in [0.29, 0.717) is 13.2 Å². The number of benzene rings is 1. The van der Waals surface area contributed by atoms with Gasteiger partial charge in [-0.25, -0.2) is 0 Å². The Hall–Kier alpha value is -2.10. The minimum atomic E-state index is -0.329. The lowest BCUT2D eigenvalue weighted by Crippen LogP contribution is -2.45. The zero-order valence-electron chi connectivity index (χ0n) is 13.9. The molecule has 6 nitrogen and oxygen atoms in total. The van der Waals surface area contributed by atoms with E-state index in [1.54, 1.807) is 4.90 Å². The molecule has 0 saturated carbocycles. The number of nitriles is 1. The van der Waals surface area contributed by atoms with Gasteiger partial charge in [-0.05, 0) is 44.3 Å². The molecule has 1 aromatic carbocycles. The highest BCUT2D eigenvalue weighted by Crippen LogP contribution is 2.34. The third-order valence-corrected chi connectivity index (χ3v) is 5.19. The molecule has 1 unspecified atom stereocenters. The average Bonchev–Trinajstić information content (AvgIpc) is 2.62. The number of rotatable bonds is 4. The minimum absolute atomic E-state index is 0.0337. The Morgan fingerprint density at radius 2 is 2.17 bits per heavy atom. The monoisotopic (exact) mass is 327 g/mol. The van der Waals surface area contributed by atoms with Crippen molar-refractivity contribution >= 4 is 5.96 Å². The number of hydrogen-bond donors (Lipinski definition) is 3. The highest BCUT2D eigenvalue weighted by molar-refractivity contribution is 5.75. The van der Waals surface area contributed by atoms with Crippen LogP contribution in [0.25, 0.3) is 0 Å². The van der Waals surface area contributed by atoms with Crippen LogP contribution in [0.5, 0.6) is 0 Å². The lowest BCUT2D eigenvalue weighted by molar-refractivity contribution is -0.0450. The summed E-state index contributed by atoms with van der Waals surface area (Å²) in [6.45, 7) is 2.96. The summed E-state index contributed by atoms with van der Waals surface area (Å²) in [6.07, 6.45) is 2.98. The molecule has 2 heterocycles. The number of nitrogens with two attached hydrogens (primary N) is 1. The first kappa shape index (κ1) is 16.7. The molecule has 0 aromatic heterocycles. The molecule has 1 saturated heterocycles. The fourth-order valence-electron chi connectivity index (χ4n) is 3.64. The quantitative estimate of drug-likeness (QED) is 0.578. The summed E-state index contributed by atoms with van der Waals surface area (Å²) in [6, 6.07) is 10.7. The first-order valence-electron chi connectivity index (χ1n) is 8.57. The number of ether oxygens (including phenoxy) is 1. The second-order valence-electron chi connectivity index (χ2n) is 6.64. The molecule has 2 aliphatic rings. The van der Waals surface area contributed by atoms with Crippen LogP contribution in [0.15, 0.2) is 24.3 Å². The Kier molecular flexibility index (Phi) is 5.03. The van der Waals surface area contributed by atoms with Crippen LogP contribution in [0.4, 0.5) is 0 Å². The highest BCUT2D eigenvalue weighted by Gasteiger charge is 2.33. The minimum Gasteiger partial charge on any atom is -0.370 e. The van der Waals surface area contributed by atoms with E-state index in [-0.39, 0.29) is 17.6 Å². The molecule has 3 rings (SSSR count). The maximum absolute atomic E-state index is 9.58. The van der Waals surface area contributed by atoms with Crippen molar-refractivity contribution in [3.63, 3.8) is 0 Å². The first-order valence-corrected chi connectivity index (χ1v) is 8.57. The van der Waals surface area contributed by atoms with Crippen LogP contribution in [0.1, 0.15) is 36.6 Å². The van der Waals surface area contributed by atoms with Crippen molar-refractivity contribution in [3.05, 3.63) is 35.4 Å². The van der Waals surface area contributed by atoms with Gasteiger partial charge in [0.15, 0.2) is 12.2 Å². The molecule has 6 heteroatoms. The largest absolute Gasteiger partial charge is 0.370 e. The van der Waals surface area contributed by atoms with Crippen molar-refractivity contribution in [2.75, 3.05) is 26.2 Å². The number of guanidine groups is 1. The van der Waals surface area contributed by atoms with E-state index in [4.69, 9.17) is 15.9 Å². The number of hydrogen-bond acceptors (Lipinski definition) is 4. The second kappa shape index (κ2) is 7.20. The first-order chi connectivity index (χ1) is 11.7. The average molecular weight is 327 g/mol. The van der Waals surface area contributed by atoms with Crippen LogP contribution in [0, 0.1) is 22.2 Å². The molecule has 0 aliphatic carbocycles. The molecule has 1 fully saturated rings. The molecule has 0 amide bonds. The number of nitrogens with zero attached hydrogens (tertiary/aromatic N) is 2. The van der Waals surface area contributed by atoms with Gasteiger partial charge in [-0.15, -0.1) is 0 Å². The summed E-state index contributed by atoms with van der Waals surface area (Å²) >= 11 is 0. The van der Waals surface area contributed by atoms with E-state index in [1.807, 2.05) is 18.2 Å². The maximum atomic E-state index is 9.58. The molecular formula is C18H25N5O. The Labute approximate surface area is 143 Å². The molecule has 0 spiro atoms. The van der Waals surface area contributed by atoms with Gasteiger partial charge in [0.1, 0.15) is 0 Å². The lowest BCUT2D eigenvalue weighted by Gasteiger charge is -2.38. The van der Waals surface area contributed by atoms with Gasteiger partial charge in [0.25, 0.3) is 0 Å². The molecule has 0 bridgehead atoms. The third kappa shape index (κ3) is 3.37. The summed E-state index contributed by atoms with van der Waals surface area (Å²) in [7, 11) is 0. The maximum Gasteiger partial charge on any atom is 0.190 e. The Morgan fingerprint density at radius 1 is 1.42 bits per heavy atom. The van der Waals surface area contributed by atoms with Gasteiger partial charge >= 0.3 is 0 Å². The van der Waals surface area contributed by atoms with Crippen LogP contribution in [0.2, 0.25) is 0 Å². The Balaban J connectivity index is 1.70. The SMILES string of the molecule is N#CC1(CCOC2c3ccccc3CCN2C(=N)N)CCNCC1. The predicted octanol–water partition coefficient (Wildman–Crippen LogP) is 1.74. The van der Waals surface area contributed by atoms with Crippen LogP contribution in [-0.2, 0) is 11.2 Å². The third-order valence-electron chi connectivity index (χ3n) is 5.19. The van der Waals surface area contributed by atoms with E-state index in [1.165, 1.54) is 5.56 Å². The van der Waals surface area contributed by atoms with E-state index in [0.717, 1.165) is 44.3 Å². The molecule has 2 aliphatic heterocycles. The molecule has 0 radical (unpaired) electrons. The second-order valence-corrected chi connectivity index (χ2v) is 6.64. The van der Waals surface area contributed by atoms with Gasteiger partial charge in [0, 0.05) is 12.1 Å². The summed E-state index contributed by atoms with van der Waals surface area (Å²) < 4.78 is 6.15. The van der Waals surface area contributed by atoms with E-state index in [2.05, 4.69) is 17.5 Å². The summed E-state index contributed by atoms with van der Waals surface area (Å²) in [5.41, 5.74) is 7.78. The van der Waals surface area contributed by atoms with Crippen LogP contribution in [-0.4, -0.2) is 37.1 Å². The van der Waals surface area contributed by atoms with Gasteiger partial charge in [0.2, 0.25) is 0 Å². The van der Waals surface area contributed by atoms with Crippen molar-refractivity contribution in [1.82, 2.24) is 10.2 Å². The van der Waals surface area contributed by atoms with E-state index < -0.39 is 0 Å². The molecule has 1 aromatic rings. The molecular weight excluding hydrogens is 302 g/mol. The van der Waals surface area contributed by atoms with Gasteiger partial charge in [-0.3, -0.25) is 5.41 Å². The van der Waals surface area contributed by atoms with E-state index in [9.17, 15) is 5.26 Å². The smallest absolute Gasteiger partial charge is 0.190 e. The Bertz CT molecular complexity index is 633. The zero-order chi connectivity index (χ0) is 17.0. The van der Waals surface area contributed by atoms with Crippen LogP contribution >= 0.6 is 0 Å². The number of fused-ring (bicyclic) bond motifs is 1. The summed E-state index contributed by atoms with van der Waals surface area (Å²) in [5, 5.41) is 20.7. The molecule has 1 atom stereocenters. The highest BCUT2D eigenvalue weighted by atomic mass is 16.5. The predicted molar refractivity (Wildman–Crippen MR) is 92.2 cm³/mol. The van der Waals surface area contributed by atoms with Gasteiger partial charge < -0.3 is 20.7 Å². The van der Waals surface area contributed by atoms with Gasteiger partial charge in [-0.2, -0.15) is 5.26 Å².